The van der Waals surface area contributed by atoms with E-state index in [0.717, 1.165) is 27.2 Å². The lowest BCUT2D eigenvalue weighted by molar-refractivity contribution is 0.276. The summed E-state index contributed by atoms with van der Waals surface area (Å²) in [5.74, 6) is 0.774. The molecule has 0 aliphatic rings. The lowest BCUT2D eigenvalue weighted by Gasteiger charge is -2.17. The maximum absolute atomic E-state index is 9.62. The fourth-order valence-electron chi connectivity index (χ4n) is 2.16. The Hall–Kier alpha value is -1.98. The van der Waals surface area contributed by atoms with Crippen LogP contribution in [-0.2, 0) is 0 Å². The van der Waals surface area contributed by atoms with Crippen molar-refractivity contribution in [3.63, 3.8) is 0 Å². The highest BCUT2D eigenvalue weighted by atomic mass is 32.1. The molecule has 0 spiro atoms. The molecule has 2 N–H and O–H groups in total. The molecule has 0 saturated carbocycles. The lowest BCUT2D eigenvalue weighted by Crippen LogP contribution is -2.15. The number of nitrogens with zero attached hydrogens (tertiary/aromatic N) is 2. The van der Waals surface area contributed by atoms with Gasteiger partial charge in [0.2, 0.25) is 0 Å². The summed E-state index contributed by atoms with van der Waals surface area (Å²) >= 11 is 1.62. The van der Waals surface area contributed by atoms with Gasteiger partial charge >= 0.3 is 0 Å². The van der Waals surface area contributed by atoms with E-state index in [1.807, 2.05) is 37.3 Å². The van der Waals surface area contributed by atoms with Crippen LogP contribution in [0.2, 0.25) is 0 Å². The highest BCUT2D eigenvalue weighted by molar-refractivity contribution is 7.18. The first-order valence-corrected chi connectivity index (χ1v) is 7.28. The zero-order valence-corrected chi connectivity index (χ0v) is 11.9. The second kappa shape index (κ2) is 5.56. The quantitative estimate of drug-likeness (QED) is 0.773. The molecule has 1 unspecified atom stereocenters. The van der Waals surface area contributed by atoms with Crippen molar-refractivity contribution in [2.75, 3.05) is 11.9 Å². The van der Waals surface area contributed by atoms with Gasteiger partial charge in [0, 0.05) is 0 Å². The van der Waals surface area contributed by atoms with Crippen LogP contribution in [-0.4, -0.2) is 21.7 Å². The summed E-state index contributed by atoms with van der Waals surface area (Å²) in [7, 11) is 0. The van der Waals surface area contributed by atoms with Gasteiger partial charge in [0.05, 0.1) is 22.9 Å². The molecule has 0 fully saturated rings. The Bertz CT molecular complexity index is 711. The fourth-order valence-corrected chi connectivity index (χ4v) is 3.11. The minimum atomic E-state index is -0.170. The van der Waals surface area contributed by atoms with Crippen LogP contribution in [0, 0.1) is 6.92 Å². The number of anilines is 1. The van der Waals surface area contributed by atoms with Gasteiger partial charge in [0.25, 0.3) is 0 Å². The number of aliphatic hydroxyl groups is 1. The molecule has 4 nitrogen and oxygen atoms in total. The van der Waals surface area contributed by atoms with Crippen LogP contribution in [0.3, 0.4) is 0 Å². The molecule has 0 saturated heterocycles. The van der Waals surface area contributed by atoms with Gasteiger partial charge in [-0.15, -0.1) is 11.3 Å². The zero-order chi connectivity index (χ0) is 13.9. The topological polar surface area (TPSA) is 58.0 Å². The van der Waals surface area contributed by atoms with Crippen molar-refractivity contribution in [1.82, 2.24) is 9.97 Å². The monoisotopic (exact) mass is 285 g/mol. The molecule has 0 radical (unpaired) electrons. The number of hydrogen-bond donors (Lipinski definition) is 2. The molecule has 3 rings (SSSR count). The van der Waals surface area contributed by atoms with Crippen LogP contribution >= 0.6 is 11.3 Å². The Kier molecular flexibility index (Phi) is 3.62. The Morgan fingerprint density at radius 2 is 2.05 bits per heavy atom. The second-order valence-corrected chi connectivity index (χ2v) is 5.49. The van der Waals surface area contributed by atoms with Crippen molar-refractivity contribution in [2.24, 2.45) is 0 Å². The van der Waals surface area contributed by atoms with E-state index in [1.165, 1.54) is 0 Å². The van der Waals surface area contributed by atoms with E-state index in [1.54, 1.807) is 17.7 Å². The second-order valence-electron chi connectivity index (χ2n) is 4.61. The van der Waals surface area contributed by atoms with E-state index < -0.39 is 0 Å². The molecule has 0 aliphatic heterocycles. The van der Waals surface area contributed by atoms with E-state index in [4.69, 9.17) is 0 Å². The molecule has 1 aromatic carbocycles. The van der Waals surface area contributed by atoms with Gasteiger partial charge in [0.15, 0.2) is 0 Å². The van der Waals surface area contributed by atoms with Crippen LogP contribution in [0.5, 0.6) is 0 Å². The number of thiophene rings is 1. The Morgan fingerprint density at radius 3 is 2.80 bits per heavy atom. The van der Waals surface area contributed by atoms with Gasteiger partial charge in [-0.25, -0.2) is 9.97 Å². The maximum Gasteiger partial charge on any atom is 0.148 e. The molecule has 20 heavy (non-hydrogen) atoms. The summed E-state index contributed by atoms with van der Waals surface area (Å²) < 4.78 is 1.03. The van der Waals surface area contributed by atoms with E-state index in [0.29, 0.717) is 0 Å². The number of aromatic nitrogens is 2. The van der Waals surface area contributed by atoms with Crippen molar-refractivity contribution in [2.45, 2.75) is 13.0 Å². The van der Waals surface area contributed by atoms with Crippen LogP contribution in [0.1, 0.15) is 17.2 Å². The number of aryl methyl sites for hydroxylation is 1. The minimum absolute atomic E-state index is 0.0138. The standard InChI is InChI=1S/C15H15N3OS/c1-10-8-20-14-13(10)16-9-17-15(14)18-12(7-19)11-5-3-2-4-6-11/h2-6,8-9,12,19H,7H2,1H3,(H,16,17,18). The molecule has 0 aliphatic carbocycles. The Labute approximate surface area is 121 Å². The number of rotatable bonds is 4. The van der Waals surface area contributed by atoms with Gasteiger partial charge in [-0.2, -0.15) is 0 Å². The SMILES string of the molecule is Cc1csc2c(NC(CO)c3ccccc3)ncnc12. The predicted molar refractivity (Wildman–Crippen MR) is 82.0 cm³/mol. The summed E-state index contributed by atoms with van der Waals surface area (Å²) in [5, 5.41) is 15.0. The summed E-state index contributed by atoms with van der Waals surface area (Å²) in [4.78, 5) is 8.61. The predicted octanol–water partition coefficient (Wildman–Crippen LogP) is 3.15. The van der Waals surface area contributed by atoms with Gasteiger partial charge in [-0.05, 0) is 23.4 Å². The molecule has 102 valence electrons. The van der Waals surface area contributed by atoms with Crippen molar-refractivity contribution in [3.8, 4) is 0 Å². The number of fused-ring (bicyclic) bond motifs is 1. The minimum Gasteiger partial charge on any atom is -0.394 e. The largest absolute Gasteiger partial charge is 0.394 e. The van der Waals surface area contributed by atoms with Crippen LogP contribution in [0.4, 0.5) is 5.82 Å². The van der Waals surface area contributed by atoms with E-state index >= 15 is 0 Å². The zero-order valence-electron chi connectivity index (χ0n) is 11.1. The molecule has 0 amide bonds. The molecule has 2 aromatic heterocycles. The molecule has 5 heteroatoms. The summed E-state index contributed by atoms with van der Waals surface area (Å²) in [6, 6.07) is 9.70. The lowest BCUT2D eigenvalue weighted by atomic mass is 10.1. The van der Waals surface area contributed by atoms with Gasteiger partial charge in [-0.3, -0.25) is 0 Å². The van der Waals surface area contributed by atoms with Crippen molar-refractivity contribution in [1.29, 1.82) is 0 Å². The van der Waals surface area contributed by atoms with Crippen LogP contribution in [0.25, 0.3) is 10.2 Å². The normalized spacial score (nSPS) is 12.5. The van der Waals surface area contributed by atoms with Gasteiger partial charge < -0.3 is 10.4 Å². The molecular formula is C15H15N3OS. The molecule has 2 heterocycles. The first-order valence-electron chi connectivity index (χ1n) is 6.40. The number of hydrogen-bond acceptors (Lipinski definition) is 5. The maximum atomic E-state index is 9.62. The van der Waals surface area contributed by atoms with Gasteiger partial charge in [-0.1, -0.05) is 30.3 Å². The smallest absolute Gasteiger partial charge is 0.148 e. The van der Waals surface area contributed by atoms with Crippen molar-refractivity contribution in [3.05, 3.63) is 53.2 Å². The van der Waals surface area contributed by atoms with Crippen LogP contribution in [0.15, 0.2) is 42.0 Å². The third-order valence-electron chi connectivity index (χ3n) is 3.23. The van der Waals surface area contributed by atoms with Gasteiger partial charge in [0.1, 0.15) is 12.1 Å². The molecule has 0 bridgehead atoms. The third kappa shape index (κ3) is 2.37. The van der Waals surface area contributed by atoms with E-state index in [9.17, 15) is 5.11 Å². The first kappa shape index (κ1) is 13.0. The Morgan fingerprint density at radius 1 is 1.25 bits per heavy atom. The highest BCUT2D eigenvalue weighted by Crippen LogP contribution is 2.30. The molecule has 1 atom stereocenters. The van der Waals surface area contributed by atoms with Crippen molar-refractivity contribution < 1.29 is 5.11 Å². The third-order valence-corrected chi connectivity index (χ3v) is 4.32. The average molecular weight is 285 g/mol. The average Bonchev–Trinajstić information content (AvgIpc) is 2.88. The number of benzene rings is 1. The van der Waals surface area contributed by atoms with E-state index in [2.05, 4.69) is 20.7 Å². The number of aliphatic hydroxyl groups excluding tert-OH is 1. The fraction of sp³-hybridized carbons (Fsp3) is 0.200. The summed E-state index contributed by atoms with van der Waals surface area (Å²) in [6.07, 6.45) is 1.56. The summed E-state index contributed by atoms with van der Waals surface area (Å²) in [6.45, 7) is 2.05. The Balaban J connectivity index is 1.96. The summed E-state index contributed by atoms with van der Waals surface area (Å²) in [5.41, 5.74) is 3.16. The van der Waals surface area contributed by atoms with Crippen LogP contribution < -0.4 is 5.32 Å². The van der Waals surface area contributed by atoms with E-state index in [-0.39, 0.29) is 12.6 Å². The molecule has 3 aromatic rings. The molecular weight excluding hydrogens is 270 g/mol. The van der Waals surface area contributed by atoms with Crippen molar-refractivity contribution >= 4 is 27.4 Å². The first-order chi connectivity index (χ1) is 9.79. The number of nitrogens with one attached hydrogen (secondary N) is 1. The highest BCUT2D eigenvalue weighted by Gasteiger charge is 2.14.